The number of halogens is 1. The van der Waals surface area contributed by atoms with Gasteiger partial charge >= 0.3 is 0 Å². The van der Waals surface area contributed by atoms with Gasteiger partial charge in [0.05, 0.1) is 0 Å². The lowest BCUT2D eigenvalue weighted by Crippen LogP contribution is -3.00. The molecule has 0 saturated heterocycles. The normalized spacial score (nSPS) is 10.5. The maximum absolute atomic E-state index is 12.6. The Bertz CT molecular complexity index is 1090. The van der Waals surface area contributed by atoms with Crippen molar-refractivity contribution in [3.05, 3.63) is 96.3 Å². The van der Waals surface area contributed by atoms with Gasteiger partial charge < -0.3 is 29.3 Å². The summed E-state index contributed by atoms with van der Waals surface area (Å²) < 4.78 is 4.20. The van der Waals surface area contributed by atoms with Crippen LogP contribution in [-0.4, -0.2) is 10.5 Å². The number of hydrogen-bond acceptors (Lipinski definition) is 1. The van der Waals surface area contributed by atoms with Crippen molar-refractivity contribution in [2.45, 2.75) is 26.4 Å². The molecule has 0 aliphatic heterocycles. The van der Waals surface area contributed by atoms with Crippen LogP contribution in [0, 0.1) is 0 Å². The number of imidazole rings is 1. The molecule has 0 fully saturated rings. The van der Waals surface area contributed by atoms with Crippen LogP contribution < -0.4 is 33.9 Å². The number of anilines is 1. The lowest BCUT2D eigenvalue weighted by molar-refractivity contribution is -0.663. The Kier molecular flexibility index (Phi) is 7.04. The number of nitrogens with zero attached hydrogens (tertiary/aromatic N) is 2. The molecule has 1 N–H and O–H groups in total. The monoisotopic (exact) mass is 497 g/mol. The molecule has 0 radical (unpaired) electrons. The molecule has 4 rings (SSSR count). The van der Waals surface area contributed by atoms with Gasteiger partial charge in [-0.3, -0.25) is 4.79 Å². The Morgan fingerprint density at radius 3 is 2.31 bits per heavy atom. The minimum atomic E-state index is -0.0307. The van der Waals surface area contributed by atoms with Crippen molar-refractivity contribution >= 4 is 22.6 Å². The minimum absolute atomic E-state index is 0. The second-order valence-corrected chi connectivity index (χ2v) is 6.94. The van der Waals surface area contributed by atoms with E-state index in [4.69, 9.17) is 0 Å². The average Bonchev–Trinajstić information content (AvgIpc) is 3.06. The van der Waals surface area contributed by atoms with Crippen molar-refractivity contribution in [1.82, 2.24) is 4.57 Å². The first-order valence-electron chi connectivity index (χ1n) is 9.63. The Hall–Kier alpha value is -2.67. The maximum atomic E-state index is 12.6. The first kappa shape index (κ1) is 21.0. The zero-order chi connectivity index (χ0) is 19.3. The van der Waals surface area contributed by atoms with Gasteiger partial charge in [-0.1, -0.05) is 61.5 Å². The summed E-state index contributed by atoms with van der Waals surface area (Å²) in [6.45, 7) is 3.17. The van der Waals surface area contributed by atoms with Crippen LogP contribution in [-0.2, 0) is 24.3 Å². The lowest BCUT2D eigenvalue weighted by Gasteiger charge is -2.05. The van der Waals surface area contributed by atoms with Crippen molar-refractivity contribution in [3.63, 3.8) is 0 Å². The highest BCUT2D eigenvalue weighted by Gasteiger charge is 2.18. The zero-order valence-electron chi connectivity index (χ0n) is 16.4. The molecule has 0 spiro atoms. The van der Waals surface area contributed by atoms with Crippen LogP contribution in [0.5, 0.6) is 0 Å². The van der Waals surface area contributed by atoms with Crippen molar-refractivity contribution in [2.24, 2.45) is 0 Å². The Morgan fingerprint density at radius 2 is 1.59 bits per heavy atom. The molecule has 4 nitrogen and oxygen atoms in total. The number of nitrogens with one attached hydrogen (secondary N) is 1. The molecular weight excluding hydrogens is 473 g/mol. The van der Waals surface area contributed by atoms with E-state index < -0.39 is 0 Å². The van der Waals surface area contributed by atoms with Crippen LogP contribution in [0.3, 0.4) is 0 Å². The van der Waals surface area contributed by atoms with E-state index in [-0.39, 0.29) is 36.4 Å². The highest BCUT2D eigenvalue weighted by molar-refractivity contribution is 5.91. The van der Waals surface area contributed by atoms with Gasteiger partial charge in [0, 0.05) is 5.69 Å². The van der Waals surface area contributed by atoms with Gasteiger partial charge in [0.1, 0.15) is 6.54 Å². The standard InChI is InChI=1S/C24H23N3O.HI/c1-2-19-12-14-21(15-13-19)25-24(28)17-27-18-26(16-20-8-4-3-5-9-20)22-10-6-7-11-23(22)27;/h3-15,18H,2,16-17H2,1H3;1H. The SMILES string of the molecule is CCc1ccc(NC(=O)Cn2c[n+](Cc3ccccc3)c3ccccc32)cc1.[I-]. The molecule has 3 aromatic carbocycles. The molecule has 0 saturated carbocycles. The largest absolute Gasteiger partial charge is 1.00 e. The molecular formula is C24H24IN3O. The van der Waals surface area contributed by atoms with E-state index >= 15 is 0 Å². The number of benzene rings is 3. The van der Waals surface area contributed by atoms with Gasteiger partial charge in [0.15, 0.2) is 17.6 Å². The summed E-state index contributed by atoms with van der Waals surface area (Å²) in [4.78, 5) is 12.6. The van der Waals surface area contributed by atoms with Crippen LogP contribution >= 0.6 is 0 Å². The number of fused-ring (bicyclic) bond motifs is 1. The molecule has 29 heavy (non-hydrogen) atoms. The topological polar surface area (TPSA) is 37.9 Å². The summed E-state index contributed by atoms with van der Waals surface area (Å²) in [5, 5.41) is 3.00. The molecule has 4 aromatic rings. The van der Waals surface area contributed by atoms with Gasteiger partial charge in [-0.15, -0.1) is 0 Å². The van der Waals surface area contributed by atoms with E-state index in [1.165, 1.54) is 11.1 Å². The fourth-order valence-electron chi connectivity index (χ4n) is 3.45. The predicted molar refractivity (Wildman–Crippen MR) is 112 cm³/mol. The van der Waals surface area contributed by atoms with E-state index in [0.29, 0.717) is 0 Å². The lowest BCUT2D eigenvalue weighted by atomic mass is 10.1. The van der Waals surface area contributed by atoms with Crippen LogP contribution in [0.15, 0.2) is 85.2 Å². The number of rotatable bonds is 6. The summed E-state index contributed by atoms with van der Waals surface area (Å²) in [6.07, 6.45) is 3.02. The third kappa shape index (κ3) is 5.03. The summed E-state index contributed by atoms with van der Waals surface area (Å²) in [7, 11) is 0. The molecule has 0 atom stereocenters. The summed E-state index contributed by atoms with van der Waals surface area (Å²) in [5.41, 5.74) is 5.49. The average molecular weight is 497 g/mol. The Balaban J connectivity index is 0.00000240. The molecule has 0 aliphatic rings. The fraction of sp³-hybridized carbons (Fsp3) is 0.167. The smallest absolute Gasteiger partial charge is 0.266 e. The number of amides is 1. The van der Waals surface area contributed by atoms with E-state index in [9.17, 15) is 4.79 Å². The highest BCUT2D eigenvalue weighted by Crippen LogP contribution is 2.13. The highest BCUT2D eigenvalue weighted by atomic mass is 127. The molecule has 1 aromatic heterocycles. The number of para-hydroxylation sites is 2. The number of carbonyl (C=O) groups is 1. The van der Waals surface area contributed by atoms with Crippen LogP contribution in [0.4, 0.5) is 5.69 Å². The van der Waals surface area contributed by atoms with Crippen LogP contribution in [0.25, 0.3) is 11.0 Å². The van der Waals surface area contributed by atoms with E-state index in [2.05, 4.69) is 53.2 Å². The third-order valence-electron chi connectivity index (χ3n) is 4.93. The van der Waals surface area contributed by atoms with Gasteiger partial charge in [-0.05, 0) is 41.8 Å². The summed E-state index contributed by atoms with van der Waals surface area (Å²) >= 11 is 0. The van der Waals surface area contributed by atoms with Crippen molar-refractivity contribution in [3.8, 4) is 0 Å². The van der Waals surface area contributed by atoms with E-state index in [1.807, 2.05) is 53.4 Å². The Labute approximate surface area is 188 Å². The summed E-state index contributed by atoms with van der Waals surface area (Å²) in [5.74, 6) is -0.0307. The number of hydrogen-bond donors (Lipinski definition) is 1. The van der Waals surface area contributed by atoms with E-state index in [0.717, 1.165) is 29.7 Å². The number of aryl methyl sites for hydroxylation is 1. The van der Waals surface area contributed by atoms with Gasteiger partial charge in [-0.25, -0.2) is 9.13 Å². The minimum Gasteiger partial charge on any atom is -1.00 e. The molecule has 148 valence electrons. The zero-order valence-corrected chi connectivity index (χ0v) is 18.5. The third-order valence-corrected chi connectivity index (χ3v) is 4.93. The first-order chi connectivity index (χ1) is 13.7. The molecule has 0 bridgehead atoms. The summed E-state index contributed by atoms with van der Waals surface area (Å²) in [6, 6.07) is 26.6. The molecule has 0 aliphatic carbocycles. The number of carbonyl (C=O) groups excluding carboxylic acids is 1. The second-order valence-electron chi connectivity index (χ2n) is 6.94. The maximum Gasteiger partial charge on any atom is 0.266 e. The molecule has 0 unspecified atom stereocenters. The quantitative estimate of drug-likeness (QED) is 0.316. The van der Waals surface area contributed by atoms with Crippen LogP contribution in [0.2, 0.25) is 0 Å². The van der Waals surface area contributed by atoms with E-state index in [1.54, 1.807) is 0 Å². The predicted octanol–water partition coefficient (Wildman–Crippen LogP) is 1.18. The first-order valence-corrected chi connectivity index (χ1v) is 9.63. The number of aromatic nitrogens is 2. The van der Waals surface area contributed by atoms with Gasteiger partial charge in [-0.2, -0.15) is 0 Å². The second kappa shape index (κ2) is 9.69. The Morgan fingerprint density at radius 1 is 0.897 bits per heavy atom. The van der Waals surface area contributed by atoms with Crippen LogP contribution in [0.1, 0.15) is 18.1 Å². The van der Waals surface area contributed by atoms with Gasteiger partial charge in [0.25, 0.3) is 5.91 Å². The van der Waals surface area contributed by atoms with Crippen molar-refractivity contribution in [1.29, 1.82) is 0 Å². The van der Waals surface area contributed by atoms with Crippen molar-refractivity contribution < 1.29 is 33.3 Å². The van der Waals surface area contributed by atoms with Gasteiger partial charge in [0.2, 0.25) is 6.33 Å². The molecule has 5 heteroatoms. The molecule has 1 amide bonds. The molecule has 1 heterocycles. The fourth-order valence-corrected chi connectivity index (χ4v) is 3.45. The van der Waals surface area contributed by atoms with Crippen molar-refractivity contribution in [2.75, 3.05) is 5.32 Å².